The van der Waals surface area contributed by atoms with Gasteiger partial charge < -0.3 is 4.90 Å². The van der Waals surface area contributed by atoms with Gasteiger partial charge in [-0.05, 0) is 36.1 Å². The van der Waals surface area contributed by atoms with E-state index >= 15 is 0 Å². The summed E-state index contributed by atoms with van der Waals surface area (Å²) in [4.78, 5) is 15.2. The Morgan fingerprint density at radius 2 is 1.92 bits per heavy atom. The largest absolute Gasteiger partial charge is 0.330 e. The second-order valence-electron chi connectivity index (χ2n) is 6.64. The molecule has 3 atom stereocenters. The minimum Gasteiger partial charge on any atom is -0.330 e. The minimum atomic E-state index is 0.122. The van der Waals surface area contributed by atoms with Gasteiger partial charge in [0.15, 0.2) is 0 Å². The summed E-state index contributed by atoms with van der Waals surface area (Å²) in [7, 11) is 0. The number of nitrogens with zero attached hydrogens (tertiary/aromatic N) is 1. The molecule has 0 spiro atoms. The van der Waals surface area contributed by atoms with E-state index in [0.29, 0.717) is 12.5 Å². The van der Waals surface area contributed by atoms with Crippen LogP contribution in [0.1, 0.15) is 30.0 Å². The number of halogens is 1. The third-order valence-corrected chi connectivity index (χ3v) is 5.65. The minimum absolute atomic E-state index is 0.122. The lowest BCUT2D eigenvalue weighted by Gasteiger charge is -2.28. The first-order chi connectivity index (χ1) is 11.7. The van der Waals surface area contributed by atoms with E-state index < -0.39 is 0 Å². The van der Waals surface area contributed by atoms with E-state index in [4.69, 9.17) is 0 Å². The van der Waals surface area contributed by atoms with Crippen molar-refractivity contribution in [1.29, 1.82) is 0 Å². The Balaban J connectivity index is 1.74. The Labute approximate surface area is 151 Å². The molecule has 1 aliphatic carbocycles. The van der Waals surface area contributed by atoms with E-state index in [2.05, 4.69) is 63.3 Å². The fraction of sp³-hybridized carbons (Fsp3) is 0.286. The molecule has 2 aromatic carbocycles. The van der Waals surface area contributed by atoms with Crippen LogP contribution in [0.2, 0.25) is 0 Å². The first-order valence-corrected chi connectivity index (χ1v) is 9.30. The zero-order valence-corrected chi connectivity index (χ0v) is 15.0. The number of carbonyl (C=O) groups excluding carboxylic acids is 1. The average Bonchev–Trinajstić information content (AvgIpc) is 2.89. The molecule has 24 heavy (non-hydrogen) atoms. The second-order valence-corrected chi connectivity index (χ2v) is 7.56. The number of rotatable bonds is 3. The summed E-state index contributed by atoms with van der Waals surface area (Å²) in [5.41, 5.74) is 2.40. The van der Waals surface area contributed by atoms with E-state index in [1.807, 2.05) is 24.3 Å². The number of benzene rings is 2. The predicted octanol–water partition coefficient (Wildman–Crippen LogP) is 5.12. The molecular formula is C21H20BrNO. The average molecular weight is 382 g/mol. The van der Waals surface area contributed by atoms with Gasteiger partial charge in [-0.1, -0.05) is 70.5 Å². The first-order valence-electron chi connectivity index (χ1n) is 8.50. The summed E-state index contributed by atoms with van der Waals surface area (Å²) in [5, 5.41) is 0. The molecule has 1 heterocycles. The maximum absolute atomic E-state index is 13.1. The van der Waals surface area contributed by atoms with Crippen LogP contribution in [0.25, 0.3) is 0 Å². The van der Waals surface area contributed by atoms with Crippen LogP contribution < -0.4 is 0 Å². The quantitative estimate of drug-likeness (QED) is 0.676. The standard InChI is InChI=1S/C21H20BrNO/c22-17-10-6-9-16(13-17)20-18-11-4-5-12-19(18)21(24)23(20)14-15-7-2-1-3-8-15/h1-4,6-11,13,18-20H,5,12,14H2/t18-,19+,20+/m1/s1. The van der Waals surface area contributed by atoms with Crippen LogP contribution in [-0.2, 0) is 11.3 Å². The lowest BCUT2D eigenvalue weighted by atomic mass is 9.81. The van der Waals surface area contributed by atoms with Gasteiger partial charge in [0.05, 0.1) is 6.04 Å². The van der Waals surface area contributed by atoms with Crippen LogP contribution in [0.3, 0.4) is 0 Å². The highest BCUT2D eigenvalue weighted by molar-refractivity contribution is 9.10. The lowest BCUT2D eigenvalue weighted by Crippen LogP contribution is -2.29. The molecule has 2 aromatic rings. The summed E-state index contributed by atoms with van der Waals surface area (Å²) < 4.78 is 1.07. The summed E-state index contributed by atoms with van der Waals surface area (Å²) in [6, 6.07) is 18.8. The van der Waals surface area contributed by atoms with Crippen LogP contribution in [0.15, 0.2) is 71.2 Å². The molecule has 1 aliphatic heterocycles. The number of hydrogen-bond donors (Lipinski definition) is 0. The Morgan fingerprint density at radius 1 is 1.08 bits per heavy atom. The third-order valence-electron chi connectivity index (χ3n) is 5.15. The van der Waals surface area contributed by atoms with Crippen molar-refractivity contribution in [3.8, 4) is 0 Å². The maximum atomic E-state index is 13.1. The van der Waals surface area contributed by atoms with Crippen LogP contribution in [-0.4, -0.2) is 10.8 Å². The van der Waals surface area contributed by atoms with Crippen molar-refractivity contribution in [2.24, 2.45) is 11.8 Å². The van der Waals surface area contributed by atoms with Crippen molar-refractivity contribution in [1.82, 2.24) is 4.90 Å². The highest BCUT2D eigenvalue weighted by Crippen LogP contribution is 2.47. The molecular weight excluding hydrogens is 362 g/mol. The molecule has 0 N–H and O–H groups in total. The lowest BCUT2D eigenvalue weighted by molar-refractivity contribution is -0.132. The molecule has 0 saturated carbocycles. The molecule has 0 bridgehead atoms. The smallest absolute Gasteiger partial charge is 0.227 e. The van der Waals surface area contributed by atoms with Crippen molar-refractivity contribution < 1.29 is 4.79 Å². The summed E-state index contributed by atoms with van der Waals surface area (Å²) in [5.74, 6) is 0.713. The molecule has 0 unspecified atom stereocenters. The Kier molecular flexibility index (Phi) is 4.28. The Morgan fingerprint density at radius 3 is 2.71 bits per heavy atom. The van der Waals surface area contributed by atoms with Gasteiger partial charge in [-0.25, -0.2) is 0 Å². The summed E-state index contributed by atoms with van der Waals surface area (Å²) in [6.07, 6.45) is 6.49. The fourth-order valence-electron chi connectivity index (χ4n) is 4.08. The molecule has 1 saturated heterocycles. The second kappa shape index (κ2) is 6.56. The van der Waals surface area contributed by atoms with Crippen molar-refractivity contribution in [2.45, 2.75) is 25.4 Å². The van der Waals surface area contributed by atoms with Gasteiger partial charge in [-0.15, -0.1) is 0 Å². The Bertz CT molecular complexity index is 770. The van der Waals surface area contributed by atoms with Crippen molar-refractivity contribution in [2.75, 3.05) is 0 Å². The van der Waals surface area contributed by atoms with Crippen LogP contribution in [0, 0.1) is 11.8 Å². The summed E-state index contributed by atoms with van der Waals surface area (Å²) in [6.45, 7) is 0.678. The molecule has 122 valence electrons. The van der Waals surface area contributed by atoms with E-state index in [0.717, 1.165) is 17.3 Å². The summed E-state index contributed by atoms with van der Waals surface area (Å²) >= 11 is 3.58. The van der Waals surface area contributed by atoms with Crippen molar-refractivity contribution in [3.63, 3.8) is 0 Å². The van der Waals surface area contributed by atoms with Gasteiger partial charge in [-0.2, -0.15) is 0 Å². The molecule has 2 aliphatic rings. The molecule has 0 aromatic heterocycles. The maximum Gasteiger partial charge on any atom is 0.227 e. The number of fused-ring (bicyclic) bond motifs is 1. The fourth-order valence-corrected chi connectivity index (χ4v) is 4.49. The molecule has 4 rings (SSSR count). The zero-order valence-electron chi connectivity index (χ0n) is 13.4. The van der Waals surface area contributed by atoms with Gasteiger partial charge >= 0.3 is 0 Å². The molecule has 2 nitrogen and oxygen atoms in total. The number of allylic oxidation sites excluding steroid dienone is 1. The number of amides is 1. The van der Waals surface area contributed by atoms with Gasteiger partial charge in [0.25, 0.3) is 0 Å². The molecule has 1 fully saturated rings. The van der Waals surface area contributed by atoms with Gasteiger partial charge in [0.1, 0.15) is 0 Å². The number of likely N-dealkylation sites (tertiary alicyclic amines) is 1. The number of hydrogen-bond acceptors (Lipinski definition) is 1. The number of carbonyl (C=O) groups is 1. The van der Waals surface area contributed by atoms with Gasteiger partial charge in [0.2, 0.25) is 5.91 Å². The van der Waals surface area contributed by atoms with Crippen molar-refractivity contribution in [3.05, 3.63) is 82.3 Å². The van der Waals surface area contributed by atoms with E-state index in [-0.39, 0.29) is 17.9 Å². The van der Waals surface area contributed by atoms with Crippen molar-refractivity contribution >= 4 is 21.8 Å². The third kappa shape index (κ3) is 2.82. The normalized spacial score (nSPS) is 25.8. The van der Waals surface area contributed by atoms with Gasteiger partial charge in [0, 0.05) is 22.9 Å². The molecule has 3 heteroatoms. The highest BCUT2D eigenvalue weighted by Gasteiger charge is 2.47. The zero-order chi connectivity index (χ0) is 16.5. The SMILES string of the molecule is O=C1[C@H]2CCC=C[C@H]2[C@H](c2cccc(Br)c2)N1Cc1ccccc1. The Hall–Kier alpha value is -1.87. The predicted molar refractivity (Wildman–Crippen MR) is 99.2 cm³/mol. The van der Waals surface area contributed by atoms with E-state index in [1.165, 1.54) is 11.1 Å². The molecule has 0 radical (unpaired) electrons. The van der Waals surface area contributed by atoms with Crippen LogP contribution in [0.4, 0.5) is 0 Å². The van der Waals surface area contributed by atoms with Crippen LogP contribution >= 0.6 is 15.9 Å². The first kappa shape index (κ1) is 15.6. The molecule has 1 amide bonds. The van der Waals surface area contributed by atoms with Gasteiger partial charge in [-0.3, -0.25) is 4.79 Å². The van der Waals surface area contributed by atoms with E-state index in [9.17, 15) is 4.79 Å². The highest BCUT2D eigenvalue weighted by atomic mass is 79.9. The van der Waals surface area contributed by atoms with Crippen LogP contribution in [0.5, 0.6) is 0 Å². The van der Waals surface area contributed by atoms with E-state index in [1.54, 1.807) is 0 Å². The topological polar surface area (TPSA) is 20.3 Å². The monoisotopic (exact) mass is 381 g/mol.